The van der Waals surface area contributed by atoms with Crippen LogP contribution in [0.4, 0.5) is 5.82 Å². The number of rotatable bonds is 2. The van der Waals surface area contributed by atoms with Gasteiger partial charge < -0.3 is 5.32 Å². The molecule has 0 bridgehead atoms. The number of imidazole rings is 1. The number of hydrogen-bond acceptors (Lipinski definition) is 2. The summed E-state index contributed by atoms with van der Waals surface area (Å²) in [6.07, 6.45) is 0. The number of aryl methyl sites for hydroxylation is 2. The van der Waals surface area contributed by atoms with Crippen molar-refractivity contribution >= 4 is 23.1 Å². The normalized spacial score (nSPS) is 11.9. The minimum Gasteiger partial charge on any atom is -0.365 e. The molecular weight excluding hydrogens is 306 g/mol. The standard InChI is InChI=1S/C19H22ClN3/c1-12-10-13(2)23-16(11-12)21-17(18(23)22-19(3,4)5)14-6-8-15(20)9-7-14/h6-11,22H,1-5H3. The van der Waals surface area contributed by atoms with Crippen LogP contribution < -0.4 is 5.32 Å². The SMILES string of the molecule is Cc1cc(C)n2c(NC(C)(C)C)c(-c3ccc(Cl)cc3)nc2c1. The van der Waals surface area contributed by atoms with Crippen LogP contribution >= 0.6 is 11.6 Å². The lowest BCUT2D eigenvalue weighted by atomic mass is 10.1. The van der Waals surface area contributed by atoms with Gasteiger partial charge in [-0.25, -0.2) is 4.98 Å². The Hall–Kier alpha value is -2.00. The van der Waals surface area contributed by atoms with Crippen LogP contribution in [0.15, 0.2) is 36.4 Å². The summed E-state index contributed by atoms with van der Waals surface area (Å²) in [5.74, 6) is 1.02. The number of hydrogen-bond donors (Lipinski definition) is 1. The first-order valence-electron chi connectivity index (χ1n) is 7.78. The van der Waals surface area contributed by atoms with Crippen molar-refractivity contribution in [2.24, 2.45) is 0 Å². The van der Waals surface area contributed by atoms with E-state index < -0.39 is 0 Å². The van der Waals surface area contributed by atoms with Crippen LogP contribution in [0.5, 0.6) is 0 Å². The molecule has 1 N–H and O–H groups in total. The summed E-state index contributed by atoms with van der Waals surface area (Å²) in [5.41, 5.74) is 5.28. The second-order valence-electron chi connectivity index (χ2n) is 7.06. The molecule has 0 saturated carbocycles. The molecule has 3 aromatic rings. The summed E-state index contributed by atoms with van der Waals surface area (Å²) in [7, 11) is 0. The second kappa shape index (κ2) is 5.57. The summed E-state index contributed by atoms with van der Waals surface area (Å²) >= 11 is 6.03. The highest BCUT2D eigenvalue weighted by Gasteiger charge is 2.20. The fourth-order valence-electron chi connectivity index (χ4n) is 2.81. The molecule has 0 fully saturated rings. The van der Waals surface area contributed by atoms with Crippen LogP contribution in [0.3, 0.4) is 0 Å². The van der Waals surface area contributed by atoms with E-state index in [0.29, 0.717) is 0 Å². The Labute approximate surface area is 142 Å². The van der Waals surface area contributed by atoms with Gasteiger partial charge in [0.25, 0.3) is 0 Å². The lowest BCUT2D eigenvalue weighted by Gasteiger charge is -2.23. The molecule has 0 aliphatic rings. The van der Waals surface area contributed by atoms with Crippen molar-refractivity contribution in [1.29, 1.82) is 0 Å². The van der Waals surface area contributed by atoms with E-state index in [2.05, 4.69) is 56.5 Å². The first-order chi connectivity index (χ1) is 10.7. The Balaban J connectivity index is 2.29. The summed E-state index contributed by atoms with van der Waals surface area (Å²) in [4.78, 5) is 4.88. The van der Waals surface area contributed by atoms with Crippen LogP contribution in [0.2, 0.25) is 5.02 Å². The lowest BCUT2D eigenvalue weighted by molar-refractivity contribution is 0.629. The third-order valence-electron chi connectivity index (χ3n) is 3.66. The van der Waals surface area contributed by atoms with Gasteiger partial charge in [-0.2, -0.15) is 0 Å². The fraction of sp³-hybridized carbons (Fsp3) is 0.316. The highest BCUT2D eigenvalue weighted by atomic mass is 35.5. The fourth-order valence-corrected chi connectivity index (χ4v) is 2.94. The first-order valence-corrected chi connectivity index (χ1v) is 8.16. The lowest BCUT2D eigenvalue weighted by Crippen LogP contribution is -2.27. The van der Waals surface area contributed by atoms with E-state index in [1.807, 2.05) is 24.3 Å². The number of pyridine rings is 1. The van der Waals surface area contributed by atoms with Gasteiger partial charge in [0.15, 0.2) is 0 Å². The van der Waals surface area contributed by atoms with Crippen molar-refractivity contribution in [2.75, 3.05) is 5.32 Å². The minimum atomic E-state index is -0.0610. The number of anilines is 1. The van der Waals surface area contributed by atoms with Crippen molar-refractivity contribution in [3.63, 3.8) is 0 Å². The van der Waals surface area contributed by atoms with Gasteiger partial charge in [0, 0.05) is 21.8 Å². The van der Waals surface area contributed by atoms with Gasteiger partial charge in [0.2, 0.25) is 0 Å². The molecule has 1 aromatic carbocycles. The van der Waals surface area contributed by atoms with Gasteiger partial charge >= 0.3 is 0 Å². The zero-order valence-corrected chi connectivity index (χ0v) is 15.0. The van der Waals surface area contributed by atoms with Gasteiger partial charge in [0.05, 0.1) is 0 Å². The summed E-state index contributed by atoms with van der Waals surface area (Å²) < 4.78 is 2.18. The molecule has 4 heteroatoms. The molecule has 0 aliphatic heterocycles. The molecule has 0 radical (unpaired) electrons. The predicted octanol–water partition coefficient (Wildman–Crippen LogP) is 5.48. The monoisotopic (exact) mass is 327 g/mol. The number of fused-ring (bicyclic) bond motifs is 1. The molecule has 23 heavy (non-hydrogen) atoms. The van der Waals surface area contributed by atoms with Gasteiger partial charge in [0.1, 0.15) is 17.2 Å². The summed E-state index contributed by atoms with van der Waals surface area (Å²) in [6.45, 7) is 10.7. The number of nitrogens with one attached hydrogen (secondary N) is 1. The zero-order chi connectivity index (χ0) is 16.8. The topological polar surface area (TPSA) is 29.3 Å². The molecule has 0 atom stereocenters. The van der Waals surface area contributed by atoms with Crippen molar-refractivity contribution in [3.8, 4) is 11.3 Å². The van der Waals surface area contributed by atoms with E-state index in [1.54, 1.807) is 0 Å². The maximum Gasteiger partial charge on any atom is 0.139 e. The first kappa shape index (κ1) is 15.9. The highest BCUT2D eigenvalue weighted by Crippen LogP contribution is 2.32. The molecule has 3 nitrogen and oxygen atoms in total. The van der Waals surface area contributed by atoms with E-state index in [9.17, 15) is 0 Å². The Morgan fingerprint density at radius 3 is 2.30 bits per heavy atom. The Morgan fingerprint density at radius 2 is 1.70 bits per heavy atom. The summed E-state index contributed by atoms with van der Waals surface area (Å²) in [6, 6.07) is 12.1. The van der Waals surface area contributed by atoms with Crippen molar-refractivity contribution in [1.82, 2.24) is 9.38 Å². The molecule has 0 unspecified atom stereocenters. The number of nitrogens with zero attached hydrogens (tertiary/aromatic N) is 2. The minimum absolute atomic E-state index is 0.0610. The zero-order valence-electron chi connectivity index (χ0n) is 14.2. The van der Waals surface area contributed by atoms with Crippen molar-refractivity contribution in [2.45, 2.75) is 40.2 Å². The molecule has 2 heterocycles. The van der Waals surface area contributed by atoms with Gasteiger partial charge in [-0.1, -0.05) is 23.7 Å². The quantitative estimate of drug-likeness (QED) is 0.675. The third kappa shape index (κ3) is 3.20. The van der Waals surface area contributed by atoms with Crippen LogP contribution in [0.25, 0.3) is 16.9 Å². The van der Waals surface area contributed by atoms with Crippen LogP contribution in [-0.4, -0.2) is 14.9 Å². The predicted molar refractivity (Wildman–Crippen MR) is 98.5 cm³/mol. The average Bonchev–Trinajstić information content (AvgIpc) is 2.76. The molecular formula is C19H22ClN3. The van der Waals surface area contributed by atoms with Crippen LogP contribution in [0, 0.1) is 13.8 Å². The maximum absolute atomic E-state index is 6.03. The van der Waals surface area contributed by atoms with Crippen LogP contribution in [0.1, 0.15) is 32.0 Å². The van der Waals surface area contributed by atoms with E-state index in [-0.39, 0.29) is 5.54 Å². The molecule has 3 rings (SSSR count). The maximum atomic E-state index is 6.03. The molecule has 0 saturated heterocycles. The number of benzene rings is 1. The Kier molecular flexibility index (Phi) is 3.85. The van der Waals surface area contributed by atoms with E-state index in [1.165, 1.54) is 11.3 Å². The van der Waals surface area contributed by atoms with E-state index in [4.69, 9.17) is 16.6 Å². The molecule has 0 spiro atoms. The van der Waals surface area contributed by atoms with Gasteiger partial charge in [-0.05, 0) is 64.4 Å². The largest absolute Gasteiger partial charge is 0.365 e. The Bertz CT molecular complexity index is 855. The molecule has 2 aromatic heterocycles. The molecule has 0 aliphatic carbocycles. The van der Waals surface area contributed by atoms with Crippen molar-refractivity contribution in [3.05, 3.63) is 52.7 Å². The molecule has 120 valence electrons. The molecule has 0 amide bonds. The van der Waals surface area contributed by atoms with Crippen molar-refractivity contribution < 1.29 is 0 Å². The number of halogens is 1. The third-order valence-corrected chi connectivity index (χ3v) is 3.91. The smallest absolute Gasteiger partial charge is 0.139 e. The van der Waals surface area contributed by atoms with E-state index >= 15 is 0 Å². The van der Waals surface area contributed by atoms with Gasteiger partial charge in [-0.15, -0.1) is 0 Å². The van der Waals surface area contributed by atoms with E-state index in [0.717, 1.165) is 27.7 Å². The summed E-state index contributed by atoms with van der Waals surface area (Å²) in [5, 5.41) is 4.34. The van der Waals surface area contributed by atoms with Crippen LogP contribution in [-0.2, 0) is 0 Å². The van der Waals surface area contributed by atoms with Gasteiger partial charge in [-0.3, -0.25) is 4.40 Å². The average molecular weight is 328 g/mol. The Morgan fingerprint density at radius 1 is 1.04 bits per heavy atom. The number of aromatic nitrogens is 2. The second-order valence-corrected chi connectivity index (χ2v) is 7.50. The highest BCUT2D eigenvalue weighted by molar-refractivity contribution is 6.30.